The van der Waals surface area contributed by atoms with Crippen molar-refractivity contribution in [3.05, 3.63) is 53.7 Å². The van der Waals surface area contributed by atoms with Crippen LogP contribution in [0.3, 0.4) is 0 Å². The van der Waals surface area contributed by atoms with E-state index in [2.05, 4.69) is 74.5 Å². The fraction of sp³-hybridized carbons (Fsp3) is 0.455. The zero-order chi connectivity index (χ0) is 19.7. The third-order valence-electron chi connectivity index (χ3n) is 4.78. The number of nitrogens with one attached hydrogen (secondary N) is 2. The van der Waals surface area contributed by atoms with Crippen molar-refractivity contribution in [1.29, 1.82) is 0 Å². The lowest BCUT2D eigenvalue weighted by molar-refractivity contribution is 0.0869. The van der Waals surface area contributed by atoms with Crippen LogP contribution in [0.5, 0.6) is 0 Å². The van der Waals surface area contributed by atoms with Crippen LogP contribution in [-0.4, -0.2) is 28.0 Å². The minimum atomic E-state index is -0.0452. The molecule has 0 aliphatic carbocycles. The van der Waals surface area contributed by atoms with Gasteiger partial charge in [-0.2, -0.15) is 0 Å². The number of aromatic nitrogens is 1. The molecule has 2 N–H and O–H groups in total. The van der Waals surface area contributed by atoms with E-state index in [4.69, 9.17) is 0 Å². The largest absolute Gasteiger partial charge is 0.349 e. The molecule has 0 saturated carbocycles. The second-order valence-electron chi connectivity index (χ2n) is 8.74. The Kier molecular flexibility index (Phi) is 5.63. The molecule has 144 valence electrons. The summed E-state index contributed by atoms with van der Waals surface area (Å²) in [5, 5.41) is 7.65. The molecule has 2 heterocycles. The van der Waals surface area contributed by atoms with Gasteiger partial charge in [0, 0.05) is 28.2 Å². The third-order valence-corrected chi connectivity index (χ3v) is 5.80. The lowest BCUT2D eigenvalue weighted by atomic mass is 9.79. The Morgan fingerprint density at radius 3 is 2.37 bits per heavy atom. The van der Waals surface area contributed by atoms with E-state index in [0.717, 1.165) is 22.8 Å². The average Bonchev–Trinajstić information content (AvgIpc) is 2.54. The number of nitrogens with zero attached hydrogens (tertiary/aromatic N) is 1. The van der Waals surface area contributed by atoms with Gasteiger partial charge in [0.2, 0.25) is 0 Å². The zero-order valence-corrected chi connectivity index (χ0v) is 17.6. The van der Waals surface area contributed by atoms with Gasteiger partial charge >= 0.3 is 0 Å². The van der Waals surface area contributed by atoms with Crippen LogP contribution in [0, 0.1) is 6.92 Å². The molecule has 1 aliphatic heterocycles. The van der Waals surface area contributed by atoms with Crippen molar-refractivity contribution in [2.75, 3.05) is 0 Å². The van der Waals surface area contributed by atoms with Crippen molar-refractivity contribution in [3.8, 4) is 0 Å². The molecule has 27 heavy (non-hydrogen) atoms. The van der Waals surface area contributed by atoms with Crippen molar-refractivity contribution in [2.24, 2.45) is 0 Å². The molecule has 1 saturated heterocycles. The zero-order valence-electron chi connectivity index (χ0n) is 16.8. The average molecular weight is 384 g/mol. The third kappa shape index (κ3) is 5.33. The summed E-state index contributed by atoms with van der Waals surface area (Å²) in [5.74, 6) is -0.0452. The standard InChI is InChI=1S/C22H29N3OS/c1-15-8-10-17(11-9-15)27-20-18(7-6-12-23-20)19(26)24-16-13-21(2,3)25-22(4,5)14-16/h6-12,16,25H,13-14H2,1-5H3,(H,24,26). The van der Waals surface area contributed by atoms with E-state index >= 15 is 0 Å². The van der Waals surface area contributed by atoms with E-state index in [-0.39, 0.29) is 23.0 Å². The first-order valence-corrected chi connectivity index (χ1v) is 10.2. The number of carbonyl (C=O) groups excluding carboxylic acids is 1. The van der Waals surface area contributed by atoms with E-state index in [9.17, 15) is 4.79 Å². The normalized spacial score (nSPS) is 18.9. The highest BCUT2D eigenvalue weighted by atomic mass is 32.2. The highest BCUT2D eigenvalue weighted by Gasteiger charge is 2.38. The molecule has 0 unspecified atom stereocenters. The molecule has 0 bridgehead atoms. The molecule has 4 nitrogen and oxygen atoms in total. The summed E-state index contributed by atoms with van der Waals surface area (Å²) in [6.45, 7) is 10.8. The van der Waals surface area contributed by atoms with Crippen LogP contribution < -0.4 is 10.6 Å². The summed E-state index contributed by atoms with van der Waals surface area (Å²) >= 11 is 1.53. The van der Waals surface area contributed by atoms with Crippen LogP contribution in [0.4, 0.5) is 0 Å². The number of aryl methyl sites for hydroxylation is 1. The Labute approximate surface area is 166 Å². The molecule has 1 amide bonds. The first kappa shape index (κ1) is 19.9. The summed E-state index contributed by atoms with van der Waals surface area (Å²) in [7, 11) is 0. The molecule has 0 atom stereocenters. The molecule has 2 aromatic rings. The summed E-state index contributed by atoms with van der Waals surface area (Å²) < 4.78 is 0. The fourth-order valence-corrected chi connectivity index (χ4v) is 4.93. The lowest BCUT2D eigenvalue weighted by Gasteiger charge is -2.46. The molecule has 0 radical (unpaired) electrons. The highest BCUT2D eigenvalue weighted by molar-refractivity contribution is 7.99. The minimum Gasteiger partial charge on any atom is -0.349 e. The van der Waals surface area contributed by atoms with Gasteiger partial charge in [-0.3, -0.25) is 4.79 Å². The molecule has 1 aromatic heterocycles. The maximum Gasteiger partial charge on any atom is 0.254 e. The van der Waals surface area contributed by atoms with Gasteiger partial charge in [-0.15, -0.1) is 0 Å². The van der Waals surface area contributed by atoms with Gasteiger partial charge in [-0.25, -0.2) is 4.98 Å². The van der Waals surface area contributed by atoms with Crippen molar-refractivity contribution < 1.29 is 4.79 Å². The number of amides is 1. The fourth-order valence-electron chi connectivity index (χ4n) is 4.05. The number of pyridine rings is 1. The number of piperidine rings is 1. The van der Waals surface area contributed by atoms with Gasteiger partial charge in [-0.1, -0.05) is 29.5 Å². The Bertz CT molecular complexity index is 799. The Morgan fingerprint density at radius 1 is 1.11 bits per heavy atom. The quantitative estimate of drug-likeness (QED) is 0.811. The second kappa shape index (κ2) is 7.64. The van der Waals surface area contributed by atoms with Gasteiger partial charge in [0.1, 0.15) is 5.03 Å². The summed E-state index contributed by atoms with van der Waals surface area (Å²) in [5.41, 5.74) is 1.84. The first-order valence-electron chi connectivity index (χ1n) is 9.43. The van der Waals surface area contributed by atoms with Crippen LogP contribution in [0.25, 0.3) is 0 Å². The maximum atomic E-state index is 13.0. The van der Waals surface area contributed by atoms with E-state index in [0.29, 0.717) is 5.56 Å². The number of hydrogen-bond acceptors (Lipinski definition) is 4. The minimum absolute atomic E-state index is 0.00584. The molecular formula is C22H29N3OS. The van der Waals surface area contributed by atoms with E-state index in [1.54, 1.807) is 6.20 Å². The second-order valence-corrected chi connectivity index (χ2v) is 9.80. The monoisotopic (exact) mass is 383 g/mol. The van der Waals surface area contributed by atoms with Gasteiger partial charge in [0.25, 0.3) is 5.91 Å². The molecule has 3 rings (SSSR count). The van der Waals surface area contributed by atoms with Crippen molar-refractivity contribution in [2.45, 2.75) is 74.5 Å². The van der Waals surface area contributed by atoms with E-state index in [1.165, 1.54) is 17.3 Å². The topological polar surface area (TPSA) is 54.0 Å². The maximum absolute atomic E-state index is 13.0. The van der Waals surface area contributed by atoms with E-state index in [1.807, 2.05) is 12.1 Å². The summed E-state index contributed by atoms with van der Waals surface area (Å²) in [4.78, 5) is 18.6. The smallest absolute Gasteiger partial charge is 0.254 e. The molecular weight excluding hydrogens is 354 g/mol. The van der Waals surface area contributed by atoms with Crippen LogP contribution in [0.15, 0.2) is 52.5 Å². The molecule has 5 heteroatoms. The van der Waals surface area contributed by atoms with Crippen LogP contribution in [0.1, 0.15) is 56.5 Å². The number of rotatable bonds is 4. The number of hydrogen-bond donors (Lipinski definition) is 2. The molecule has 0 spiro atoms. The number of benzene rings is 1. The van der Waals surface area contributed by atoms with Crippen LogP contribution in [-0.2, 0) is 0 Å². The Hall–Kier alpha value is -1.85. The van der Waals surface area contributed by atoms with E-state index < -0.39 is 0 Å². The van der Waals surface area contributed by atoms with Crippen molar-refractivity contribution in [3.63, 3.8) is 0 Å². The summed E-state index contributed by atoms with van der Waals surface area (Å²) in [6, 6.07) is 12.1. The lowest BCUT2D eigenvalue weighted by Crippen LogP contribution is -2.62. The highest BCUT2D eigenvalue weighted by Crippen LogP contribution is 2.31. The van der Waals surface area contributed by atoms with Crippen molar-refractivity contribution >= 4 is 17.7 Å². The number of carbonyl (C=O) groups is 1. The Balaban J connectivity index is 1.76. The van der Waals surface area contributed by atoms with Gasteiger partial charge < -0.3 is 10.6 Å². The molecule has 1 aromatic carbocycles. The summed E-state index contributed by atoms with van der Waals surface area (Å²) in [6.07, 6.45) is 3.55. The van der Waals surface area contributed by atoms with Gasteiger partial charge in [0.05, 0.1) is 5.56 Å². The predicted molar refractivity (Wildman–Crippen MR) is 111 cm³/mol. The first-order chi connectivity index (χ1) is 12.6. The molecule has 1 aliphatic rings. The van der Waals surface area contributed by atoms with Crippen molar-refractivity contribution in [1.82, 2.24) is 15.6 Å². The Morgan fingerprint density at radius 2 is 1.74 bits per heavy atom. The van der Waals surface area contributed by atoms with Crippen LogP contribution in [0.2, 0.25) is 0 Å². The SMILES string of the molecule is Cc1ccc(Sc2ncccc2C(=O)NC2CC(C)(C)NC(C)(C)C2)cc1. The predicted octanol–water partition coefficient (Wildman–Crippen LogP) is 4.58. The van der Waals surface area contributed by atoms with Gasteiger partial charge in [-0.05, 0) is 71.7 Å². The van der Waals surface area contributed by atoms with Gasteiger partial charge in [0.15, 0.2) is 0 Å². The molecule has 1 fully saturated rings. The van der Waals surface area contributed by atoms with Crippen LogP contribution >= 0.6 is 11.8 Å².